The summed E-state index contributed by atoms with van der Waals surface area (Å²) in [5.41, 5.74) is 5.72. The third-order valence-electron chi connectivity index (χ3n) is 6.95. The zero-order chi connectivity index (χ0) is 24.0. The Balaban J connectivity index is 1.30. The Labute approximate surface area is 208 Å². The van der Waals surface area contributed by atoms with Crippen LogP contribution in [0.3, 0.4) is 0 Å². The lowest BCUT2D eigenvalue weighted by molar-refractivity contribution is 0.174. The number of rotatable bonds is 6. The normalized spacial score (nSPS) is 17.4. The molecule has 10 heteroatoms. The molecule has 0 saturated carbocycles. The fourth-order valence-corrected chi connectivity index (χ4v) is 6.87. The highest BCUT2D eigenvalue weighted by Crippen LogP contribution is 2.36. The summed E-state index contributed by atoms with van der Waals surface area (Å²) in [7, 11) is -0.761. The summed E-state index contributed by atoms with van der Waals surface area (Å²) in [5, 5.41) is 3.12. The van der Waals surface area contributed by atoms with Crippen molar-refractivity contribution in [1.82, 2.24) is 19.4 Å². The van der Waals surface area contributed by atoms with Gasteiger partial charge in [0.05, 0.1) is 22.7 Å². The van der Waals surface area contributed by atoms with E-state index in [9.17, 15) is 8.42 Å². The van der Waals surface area contributed by atoms with Gasteiger partial charge in [0.25, 0.3) is 0 Å². The zero-order valence-corrected chi connectivity index (χ0v) is 21.0. The number of thiazole rings is 1. The first kappa shape index (κ1) is 22.5. The largest absolute Gasteiger partial charge is 0.454 e. The molecule has 2 aliphatic rings. The number of ether oxygens (including phenoxy) is 2. The van der Waals surface area contributed by atoms with Crippen LogP contribution in [-0.4, -0.2) is 65.8 Å². The predicted molar refractivity (Wildman–Crippen MR) is 136 cm³/mol. The molecule has 0 N–H and O–H groups in total. The van der Waals surface area contributed by atoms with Gasteiger partial charge in [0.15, 0.2) is 11.5 Å². The molecule has 0 aliphatic carbocycles. The number of likely N-dealkylation sites (N-methyl/N-ethyl adjacent to an activating group) is 1. The lowest BCUT2D eigenvalue weighted by atomic mass is 10.1. The lowest BCUT2D eigenvalue weighted by Crippen LogP contribution is -2.39. The van der Waals surface area contributed by atoms with Crippen molar-refractivity contribution in [2.45, 2.75) is 25.3 Å². The average molecular weight is 511 g/mol. The lowest BCUT2D eigenvalue weighted by Gasteiger charge is -2.31. The molecule has 0 unspecified atom stereocenters. The third-order valence-corrected chi connectivity index (χ3v) is 9.24. The molecule has 0 amide bonds. The number of sulfone groups is 1. The SMILES string of the molecule is CN(CCc1cn(-c2cscn2)c2nc(-c3ccc4c(c3)OCO4)ccc12)C1CCS(=O)(=O)CC1. The van der Waals surface area contributed by atoms with E-state index in [-0.39, 0.29) is 18.3 Å². The molecule has 4 aromatic rings. The summed E-state index contributed by atoms with van der Waals surface area (Å²) in [6, 6.07) is 10.4. The van der Waals surface area contributed by atoms with Crippen molar-refractivity contribution in [3.8, 4) is 28.6 Å². The molecule has 0 radical (unpaired) electrons. The summed E-state index contributed by atoms with van der Waals surface area (Å²) in [6.07, 6.45) is 4.40. The molecule has 5 heterocycles. The molecule has 182 valence electrons. The van der Waals surface area contributed by atoms with Crippen LogP contribution in [-0.2, 0) is 16.3 Å². The van der Waals surface area contributed by atoms with Crippen LogP contribution in [0, 0.1) is 0 Å². The fraction of sp³-hybridized carbons (Fsp3) is 0.360. The van der Waals surface area contributed by atoms with Crippen LogP contribution in [0.15, 0.2) is 47.4 Å². The highest BCUT2D eigenvalue weighted by Gasteiger charge is 2.26. The maximum absolute atomic E-state index is 11.8. The molecule has 8 nitrogen and oxygen atoms in total. The van der Waals surface area contributed by atoms with Gasteiger partial charge in [-0.05, 0) is 62.2 Å². The maximum atomic E-state index is 11.8. The second kappa shape index (κ2) is 8.92. The van der Waals surface area contributed by atoms with E-state index in [2.05, 4.69) is 33.8 Å². The Hall–Kier alpha value is -2.95. The van der Waals surface area contributed by atoms with Crippen molar-refractivity contribution >= 4 is 32.2 Å². The fourth-order valence-electron chi connectivity index (χ4n) is 4.88. The Morgan fingerprint density at radius 3 is 2.77 bits per heavy atom. The quantitative estimate of drug-likeness (QED) is 0.388. The summed E-state index contributed by atoms with van der Waals surface area (Å²) in [6.45, 7) is 1.09. The molecule has 1 fully saturated rings. The summed E-state index contributed by atoms with van der Waals surface area (Å²) in [4.78, 5) is 11.9. The first-order chi connectivity index (χ1) is 17.0. The van der Waals surface area contributed by atoms with Crippen molar-refractivity contribution in [2.24, 2.45) is 0 Å². The third kappa shape index (κ3) is 4.41. The van der Waals surface area contributed by atoms with E-state index in [4.69, 9.17) is 14.5 Å². The number of fused-ring (bicyclic) bond motifs is 2. The van der Waals surface area contributed by atoms with Crippen molar-refractivity contribution in [2.75, 3.05) is 31.9 Å². The minimum Gasteiger partial charge on any atom is -0.454 e. The maximum Gasteiger partial charge on any atom is 0.231 e. The first-order valence-corrected chi connectivity index (χ1v) is 14.4. The van der Waals surface area contributed by atoms with Gasteiger partial charge in [-0.1, -0.05) is 0 Å². The molecule has 35 heavy (non-hydrogen) atoms. The van der Waals surface area contributed by atoms with Gasteiger partial charge in [0, 0.05) is 35.1 Å². The highest BCUT2D eigenvalue weighted by molar-refractivity contribution is 7.91. The minimum absolute atomic E-state index is 0.242. The topological polar surface area (TPSA) is 86.6 Å². The van der Waals surface area contributed by atoms with E-state index in [1.54, 1.807) is 11.3 Å². The van der Waals surface area contributed by atoms with Crippen molar-refractivity contribution in [3.63, 3.8) is 0 Å². The van der Waals surface area contributed by atoms with Crippen LogP contribution in [0.25, 0.3) is 28.1 Å². The molecule has 2 aliphatic heterocycles. The zero-order valence-electron chi connectivity index (χ0n) is 19.4. The van der Waals surface area contributed by atoms with Gasteiger partial charge in [0.2, 0.25) is 6.79 Å². The number of nitrogens with zero attached hydrogens (tertiary/aromatic N) is 4. The summed E-state index contributed by atoms with van der Waals surface area (Å²) in [5.74, 6) is 2.92. The van der Waals surface area contributed by atoms with Gasteiger partial charge in [0.1, 0.15) is 21.3 Å². The van der Waals surface area contributed by atoms with E-state index in [1.165, 1.54) is 5.56 Å². The molecule has 0 atom stereocenters. The van der Waals surface area contributed by atoms with E-state index in [1.807, 2.05) is 35.2 Å². The summed E-state index contributed by atoms with van der Waals surface area (Å²) < 4.78 is 36.7. The predicted octanol–water partition coefficient (Wildman–Crippen LogP) is 3.93. The molecule has 0 bridgehead atoms. The van der Waals surface area contributed by atoms with Crippen LogP contribution in [0.5, 0.6) is 11.5 Å². The average Bonchev–Trinajstić information content (AvgIpc) is 3.61. The van der Waals surface area contributed by atoms with Crippen molar-refractivity contribution < 1.29 is 17.9 Å². The second-order valence-corrected chi connectivity index (χ2v) is 12.1. The van der Waals surface area contributed by atoms with Crippen LogP contribution >= 0.6 is 11.3 Å². The van der Waals surface area contributed by atoms with Gasteiger partial charge in [-0.2, -0.15) is 0 Å². The van der Waals surface area contributed by atoms with Crippen LogP contribution in [0.4, 0.5) is 0 Å². The number of aromatic nitrogens is 3. The van der Waals surface area contributed by atoms with Gasteiger partial charge >= 0.3 is 0 Å². The number of benzene rings is 1. The molecule has 0 spiro atoms. The Morgan fingerprint density at radius 1 is 1.14 bits per heavy atom. The minimum atomic E-state index is -2.86. The monoisotopic (exact) mass is 510 g/mol. The second-order valence-electron chi connectivity index (χ2n) is 9.12. The number of hydrogen-bond donors (Lipinski definition) is 0. The standard InChI is InChI=1S/C25H26N4O4S2/c1-28(19-7-10-35(30,31)11-8-19)9-6-18-13-29(24-14-34-15-26-24)25-20(18)3-4-21(27-25)17-2-5-22-23(12-17)33-16-32-22/h2-5,12-15,19H,6-11,16H2,1H3. The molecule has 3 aromatic heterocycles. The number of hydrogen-bond acceptors (Lipinski definition) is 8. The smallest absolute Gasteiger partial charge is 0.231 e. The highest BCUT2D eigenvalue weighted by atomic mass is 32.2. The first-order valence-electron chi connectivity index (χ1n) is 11.7. The van der Waals surface area contributed by atoms with Gasteiger partial charge in [-0.25, -0.2) is 18.4 Å². The van der Waals surface area contributed by atoms with E-state index < -0.39 is 9.84 Å². The van der Waals surface area contributed by atoms with Crippen molar-refractivity contribution in [1.29, 1.82) is 0 Å². The number of pyridine rings is 1. The molecule has 6 rings (SSSR count). The van der Waals surface area contributed by atoms with E-state index >= 15 is 0 Å². The van der Waals surface area contributed by atoms with Crippen LogP contribution < -0.4 is 9.47 Å². The Morgan fingerprint density at radius 2 is 1.97 bits per heavy atom. The molecular weight excluding hydrogens is 484 g/mol. The molecule has 1 saturated heterocycles. The van der Waals surface area contributed by atoms with E-state index in [0.29, 0.717) is 18.9 Å². The van der Waals surface area contributed by atoms with Gasteiger partial charge in [-0.15, -0.1) is 11.3 Å². The van der Waals surface area contributed by atoms with Crippen molar-refractivity contribution in [3.05, 3.63) is 53.0 Å². The Kier molecular flexibility index (Phi) is 5.74. The van der Waals surface area contributed by atoms with Gasteiger partial charge < -0.3 is 14.4 Å². The van der Waals surface area contributed by atoms with Crippen LogP contribution in [0.1, 0.15) is 18.4 Å². The van der Waals surface area contributed by atoms with Crippen LogP contribution in [0.2, 0.25) is 0 Å². The van der Waals surface area contributed by atoms with Gasteiger partial charge in [-0.3, -0.25) is 4.57 Å². The molecular formula is C25H26N4O4S2. The Bertz CT molecular complexity index is 1470. The van der Waals surface area contributed by atoms with E-state index in [0.717, 1.165) is 52.6 Å². The molecule has 1 aromatic carbocycles. The summed E-state index contributed by atoms with van der Waals surface area (Å²) >= 11 is 1.56.